The Labute approximate surface area is 131 Å². The summed E-state index contributed by atoms with van der Waals surface area (Å²) in [5.41, 5.74) is 1.09. The third-order valence-corrected chi connectivity index (χ3v) is 5.50. The van der Waals surface area contributed by atoms with Crippen molar-refractivity contribution in [3.05, 3.63) is 36.5 Å². The van der Waals surface area contributed by atoms with Crippen molar-refractivity contribution in [2.45, 2.75) is 32.9 Å². The predicted octanol–water partition coefficient (Wildman–Crippen LogP) is 1.97. The van der Waals surface area contributed by atoms with Crippen molar-refractivity contribution >= 4 is 26.6 Å². The average molecular weight is 322 g/mol. The zero-order valence-corrected chi connectivity index (χ0v) is 13.8. The van der Waals surface area contributed by atoms with E-state index >= 15 is 0 Å². The van der Waals surface area contributed by atoms with Gasteiger partial charge in [-0.2, -0.15) is 0 Å². The molecule has 0 saturated heterocycles. The lowest BCUT2D eigenvalue weighted by atomic mass is 10.2. The number of carbonyl (C=O) groups excluding carboxylic acids is 1. The molecule has 22 heavy (non-hydrogen) atoms. The topological polar surface area (TPSA) is 68.2 Å². The van der Waals surface area contributed by atoms with Gasteiger partial charge in [0.05, 0.1) is 5.75 Å². The molecule has 2 aromatic rings. The van der Waals surface area contributed by atoms with Crippen molar-refractivity contribution in [2.24, 2.45) is 0 Å². The molecule has 1 heterocycles. The number of amides is 1. The van der Waals surface area contributed by atoms with E-state index in [0.717, 1.165) is 10.9 Å². The van der Waals surface area contributed by atoms with E-state index in [9.17, 15) is 13.2 Å². The second-order valence-corrected chi connectivity index (χ2v) is 7.88. The first kappa shape index (κ1) is 16.5. The van der Waals surface area contributed by atoms with E-state index in [4.69, 9.17) is 0 Å². The van der Waals surface area contributed by atoms with Gasteiger partial charge in [0.25, 0.3) is 0 Å². The molecule has 0 spiro atoms. The number of aromatic nitrogens is 1. The fourth-order valence-electron chi connectivity index (χ4n) is 2.44. The highest BCUT2D eigenvalue weighted by Crippen LogP contribution is 2.15. The first-order valence-corrected chi connectivity index (χ1v) is 9.27. The summed E-state index contributed by atoms with van der Waals surface area (Å²) in [4.78, 5) is 11.9. The highest BCUT2D eigenvalue weighted by atomic mass is 32.2. The van der Waals surface area contributed by atoms with E-state index in [2.05, 4.69) is 5.32 Å². The van der Waals surface area contributed by atoms with E-state index in [0.29, 0.717) is 13.0 Å². The van der Waals surface area contributed by atoms with Gasteiger partial charge in [-0.1, -0.05) is 25.1 Å². The van der Waals surface area contributed by atoms with Crippen LogP contribution in [0, 0.1) is 0 Å². The number of nitrogens with zero attached hydrogens (tertiary/aromatic N) is 1. The fourth-order valence-corrected chi connectivity index (χ4v) is 3.53. The minimum absolute atomic E-state index is 0.0122. The van der Waals surface area contributed by atoms with Gasteiger partial charge in [0.2, 0.25) is 5.91 Å². The minimum atomic E-state index is -3.07. The largest absolute Gasteiger partial charge is 0.353 e. The van der Waals surface area contributed by atoms with Crippen LogP contribution in [0.3, 0.4) is 0 Å². The molecule has 0 aliphatic heterocycles. The lowest BCUT2D eigenvalue weighted by Crippen LogP contribution is -2.38. The van der Waals surface area contributed by atoms with Gasteiger partial charge >= 0.3 is 0 Å². The lowest BCUT2D eigenvalue weighted by molar-refractivity contribution is -0.121. The molecule has 1 atom stereocenters. The van der Waals surface area contributed by atoms with Gasteiger partial charge in [-0.25, -0.2) is 8.42 Å². The van der Waals surface area contributed by atoms with E-state index in [-0.39, 0.29) is 23.5 Å². The molecule has 0 radical (unpaired) electrons. The number of para-hydroxylation sites is 1. The summed E-state index contributed by atoms with van der Waals surface area (Å²) >= 11 is 0. The van der Waals surface area contributed by atoms with Crippen molar-refractivity contribution < 1.29 is 13.2 Å². The molecule has 1 amide bonds. The Morgan fingerprint density at radius 1 is 1.27 bits per heavy atom. The lowest BCUT2D eigenvalue weighted by Gasteiger charge is -2.14. The molecule has 0 unspecified atom stereocenters. The predicted molar refractivity (Wildman–Crippen MR) is 88.5 cm³/mol. The normalized spacial score (nSPS) is 13.2. The molecule has 120 valence electrons. The molecular formula is C16H22N2O3S. The van der Waals surface area contributed by atoms with Crippen molar-refractivity contribution in [3.63, 3.8) is 0 Å². The summed E-state index contributed by atoms with van der Waals surface area (Å²) < 4.78 is 25.1. The Morgan fingerprint density at radius 3 is 2.73 bits per heavy atom. The summed E-state index contributed by atoms with van der Waals surface area (Å²) in [5, 5.41) is 3.89. The maximum atomic E-state index is 11.9. The summed E-state index contributed by atoms with van der Waals surface area (Å²) in [6, 6.07) is 9.65. The number of sulfone groups is 1. The van der Waals surface area contributed by atoms with Gasteiger partial charge in [-0.15, -0.1) is 0 Å². The minimum Gasteiger partial charge on any atom is -0.353 e. The first-order chi connectivity index (χ1) is 10.4. The van der Waals surface area contributed by atoms with E-state index in [1.807, 2.05) is 41.1 Å². The van der Waals surface area contributed by atoms with Crippen LogP contribution in [-0.2, 0) is 21.2 Å². The van der Waals surface area contributed by atoms with Crippen LogP contribution in [-0.4, -0.2) is 36.4 Å². The molecular weight excluding hydrogens is 300 g/mol. The number of hydrogen-bond acceptors (Lipinski definition) is 3. The van der Waals surface area contributed by atoms with Crippen molar-refractivity contribution in [1.29, 1.82) is 0 Å². The van der Waals surface area contributed by atoms with Crippen LogP contribution >= 0.6 is 0 Å². The second-order valence-electron chi connectivity index (χ2n) is 5.49. The maximum Gasteiger partial charge on any atom is 0.222 e. The summed E-state index contributed by atoms with van der Waals surface area (Å²) in [6.07, 6.45) is 2.29. The molecule has 1 N–H and O–H groups in total. The van der Waals surface area contributed by atoms with Crippen molar-refractivity contribution in [2.75, 3.05) is 11.5 Å². The Hall–Kier alpha value is -1.82. The zero-order valence-electron chi connectivity index (χ0n) is 13.0. The number of aryl methyl sites for hydroxylation is 1. The molecule has 5 nitrogen and oxygen atoms in total. The monoisotopic (exact) mass is 322 g/mol. The van der Waals surface area contributed by atoms with Crippen LogP contribution in [0.1, 0.15) is 20.3 Å². The Bertz CT molecular complexity index is 750. The maximum absolute atomic E-state index is 11.9. The Morgan fingerprint density at radius 2 is 2.00 bits per heavy atom. The van der Waals surface area contributed by atoms with Gasteiger partial charge < -0.3 is 9.88 Å². The molecule has 0 aliphatic carbocycles. The SMILES string of the molecule is CCS(=O)(=O)C[C@H](C)NC(=O)CCn1ccc2ccccc21. The standard InChI is InChI=1S/C16H22N2O3S/c1-3-22(20,21)12-13(2)17-16(19)9-11-18-10-8-14-6-4-5-7-15(14)18/h4-8,10,13H,3,9,11-12H2,1-2H3,(H,17,19)/t13-/m0/s1. The third-order valence-electron chi connectivity index (χ3n) is 3.61. The molecule has 0 aliphatic rings. The average Bonchev–Trinajstić information content (AvgIpc) is 2.87. The number of nitrogens with one attached hydrogen (secondary N) is 1. The second kappa shape index (κ2) is 6.96. The molecule has 6 heteroatoms. The zero-order chi connectivity index (χ0) is 16.2. The van der Waals surface area contributed by atoms with Gasteiger partial charge in [-0.05, 0) is 24.4 Å². The van der Waals surface area contributed by atoms with Crippen molar-refractivity contribution in [1.82, 2.24) is 9.88 Å². The number of fused-ring (bicyclic) bond motifs is 1. The van der Waals surface area contributed by atoms with Crippen LogP contribution < -0.4 is 5.32 Å². The van der Waals surface area contributed by atoms with Crippen LogP contribution in [0.15, 0.2) is 36.5 Å². The van der Waals surface area contributed by atoms with E-state index in [1.54, 1.807) is 13.8 Å². The molecule has 0 bridgehead atoms. The van der Waals surface area contributed by atoms with Crippen molar-refractivity contribution in [3.8, 4) is 0 Å². The molecule has 0 fully saturated rings. The van der Waals surface area contributed by atoms with Gasteiger partial charge in [0.15, 0.2) is 9.84 Å². The van der Waals surface area contributed by atoms with Crippen LogP contribution in [0.25, 0.3) is 10.9 Å². The quantitative estimate of drug-likeness (QED) is 0.847. The van der Waals surface area contributed by atoms with E-state index in [1.165, 1.54) is 0 Å². The van der Waals surface area contributed by atoms with Crippen LogP contribution in [0.5, 0.6) is 0 Å². The van der Waals surface area contributed by atoms with Gasteiger partial charge in [-0.3, -0.25) is 4.79 Å². The number of carbonyl (C=O) groups is 1. The number of benzene rings is 1. The number of rotatable bonds is 7. The molecule has 1 aromatic heterocycles. The smallest absolute Gasteiger partial charge is 0.222 e. The van der Waals surface area contributed by atoms with Gasteiger partial charge in [0, 0.05) is 36.5 Å². The summed E-state index contributed by atoms with van der Waals surface area (Å²) in [6.45, 7) is 3.91. The van der Waals surface area contributed by atoms with Gasteiger partial charge in [0.1, 0.15) is 0 Å². The fraction of sp³-hybridized carbons (Fsp3) is 0.438. The van der Waals surface area contributed by atoms with Crippen LogP contribution in [0.4, 0.5) is 0 Å². The molecule has 1 aromatic carbocycles. The Kier molecular flexibility index (Phi) is 5.24. The van der Waals surface area contributed by atoms with Crippen LogP contribution in [0.2, 0.25) is 0 Å². The highest BCUT2D eigenvalue weighted by molar-refractivity contribution is 7.91. The summed E-state index contributed by atoms with van der Waals surface area (Å²) in [7, 11) is -3.07. The third kappa shape index (κ3) is 4.34. The highest BCUT2D eigenvalue weighted by Gasteiger charge is 2.15. The van der Waals surface area contributed by atoms with E-state index < -0.39 is 9.84 Å². The number of hydrogen-bond donors (Lipinski definition) is 1. The molecule has 2 rings (SSSR count). The first-order valence-electron chi connectivity index (χ1n) is 7.45. The summed E-state index contributed by atoms with van der Waals surface area (Å²) in [5.74, 6) is -0.0406. The molecule has 0 saturated carbocycles. The Balaban J connectivity index is 1.88.